The molecule has 152 valence electrons. The van der Waals surface area contributed by atoms with Crippen LogP contribution in [0, 0.1) is 11.6 Å². The molecule has 1 fully saturated rings. The number of aromatic amines is 1. The smallest absolute Gasteiger partial charge is 0.270 e. The number of para-hydroxylation sites is 1. The van der Waals surface area contributed by atoms with Crippen LogP contribution >= 0.6 is 11.3 Å². The van der Waals surface area contributed by atoms with Gasteiger partial charge in [0, 0.05) is 42.7 Å². The van der Waals surface area contributed by atoms with Crippen molar-refractivity contribution in [2.24, 2.45) is 0 Å². The molecule has 0 amide bonds. The molecule has 1 aliphatic heterocycles. The molecule has 0 aliphatic carbocycles. The molecule has 5 nitrogen and oxygen atoms in total. The van der Waals surface area contributed by atoms with Crippen molar-refractivity contribution in [3.63, 3.8) is 0 Å². The van der Waals surface area contributed by atoms with E-state index in [4.69, 9.17) is 0 Å². The molecular weight excluding hydrogens is 406 g/mol. The van der Waals surface area contributed by atoms with E-state index in [9.17, 15) is 13.6 Å². The summed E-state index contributed by atoms with van der Waals surface area (Å²) in [4.78, 5) is 24.1. The topological polar surface area (TPSA) is 52.2 Å². The SMILES string of the molecule is O=c1[nH]c(N2CCN(c3ccccc3F)CC2)nc2c(-c3ccccc3F)csc12. The van der Waals surface area contributed by atoms with Crippen LogP contribution in [0.2, 0.25) is 0 Å². The minimum atomic E-state index is -0.348. The number of thiophene rings is 1. The van der Waals surface area contributed by atoms with Gasteiger partial charge in [0.15, 0.2) is 0 Å². The molecule has 0 bridgehead atoms. The highest BCUT2D eigenvalue weighted by Gasteiger charge is 2.22. The molecule has 3 heterocycles. The zero-order valence-electron chi connectivity index (χ0n) is 15.9. The fourth-order valence-electron chi connectivity index (χ4n) is 3.80. The molecular formula is C22H18F2N4OS. The van der Waals surface area contributed by atoms with Gasteiger partial charge in [-0.05, 0) is 18.2 Å². The first-order chi connectivity index (χ1) is 14.6. The van der Waals surface area contributed by atoms with Gasteiger partial charge in [-0.3, -0.25) is 9.78 Å². The molecule has 1 N–H and O–H groups in total. The Hall–Kier alpha value is -3.26. The second kappa shape index (κ2) is 7.53. The fraction of sp³-hybridized carbons (Fsp3) is 0.182. The number of piperazine rings is 1. The summed E-state index contributed by atoms with van der Waals surface area (Å²) in [5, 5.41) is 1.77. The standard InChI is InChI=1S/C22H18F2N4OS/c23-16-6-2-1-5-14(16)15-13-30-20-19(15)25-22(26-21(20)29)28-11-9-27(10-12-28)18-8-4-3-7-17(18)24/h1-8,13H,9-12H2,(H,25,26,29). The first-order valence-corrected chi connectivity index (χ1v) is 10.5. The number of anilines is 2. The molecule has 1 aliphatic rings. The van der Waals surface area contributed by atoms with Gasteiger partial charge in [-0.25, -0.2) is 13.8 Å². The largest absolute Gasteiger partial charge is 0.366 e. The normalized spacial score (nSPS) is 14.5. The van der Waals surface area contributed by atoms with E-state index < -0.39 is 0 Å². The van der Waals surface area contributed by atoms with Gasteiger partial charge in [-0.2, -0.15) is 0 Å². The lowest BCUT2D eigenvalue weighted by atomic mass is 10.1. The third-order valence-corrected chi connectivity index (χ3v) is 6.32. The lowest BCUT2D eigenvalue weighted by Crippen LogP contribution is -2.47. The van der Waals surface area contributed by atoms with Crippen molar-refractivity contribution >= 4 is 33.2 Å². The van der Waals surface area contributed by atoms with Gasteiger partial charge in [0.2, 0.25) is 5.95 Å². The number of aromatic nitrogens is 2. The average molecular weight is 424 g/mol. The van der Waals surface area contributed by atoms with E-state index in [0.29, 0.717) is 59.2 Å². The van der Waals surface area contributed by atoms with Crippen LogP contribution < -0.4 is 15.4 Å². The van der Waals surface area contributed by atoms with Gasteiger partial charge in [-0.15, -0.1) is 11.3 Å². The van der Waals surface area contributed by atoms with E-state index in [1.54, 1.807) is 35.7 Å². The Balaban J connectivity index is 1.46. The second-order valence-electron chi connectivity index (χ2n) is 7.12. The van der Waals surface area contributed by atoms with E-state index in [1.165, 1.54) is 23.5 Å². The fourth-order valence-corrected chi connectivity index (χ4v) is 4.70. The molecule has 8 heteroatoms. The zero-order chi connectivity index (χ0) is 20.7. The average Bonchev–Trinajstić information content (AvgIpc) is 3.19. The summed E-state index contributed by atoms with van der Waals surface area (Å²) in [5.41, 5.74) is 1.89. The molecule has 30 heavy (non-hydrogen) atoms. The van der Waals surface area contributed by atoms with Gasteiger partial charge in [0.05, 0.1) is 11.2 Å². The van der Waals surface area contributed by atoms with E-state index in [2.05, 4.69) is 9.97 Å². The van der Waals surface area contributed by atoms with Gasteiger partial charge < -0.3 is 9.80 Å². The number of halogens is 2. The number of nitrogens with one attached hydrogen (secondary N) is 1. The number of fused-ring (bicyclic) bond motifs is 1. The Morgan fingerprint density at radius 1 is 0.867 bits per heavy atom. The van der Waals surface area contributed by atoms with Gasteiger partial charge in [0.25, 0.3) is 5.56 Å². The molecule has 0 saturated carbocycles. The molecule has 0 atom stereocenters. The summed E-state index contributed by atoms with van der Waals surface area (Å²) in [6, 6.07) is 13.2. The number of hydrogen-bond donors (Lipinski definition) is 1. The van der Waals surface area contributed by atoms with E-state index in [-0.39, 0.29) is 17.2 Å². The quantitative estimate of drug-likeness (QED) is 0.534. The first-order valence-electron chi connectivity index (χ1n) is 9.62. The number of H-pyrrole nitrogens is 1. The molecule has 0 spiro atoms. The Morgan fingerprint density at radius 2 is 1.53 bits per heavy atom. The number of benzene rings is 2. The van der Waals surface area contributed by atoms with Crippen molar-refractivity contribution in [2.75, 3.05) is 36.0 Å². The van der Waals surface area contributed by atoms with Crippen molar-refractivity contribution in [3.05, 3.63) is 75.9 Å². The van der Waals surface area contributed by atoms with E-state index in [1.807, 2.05) is 15.9 Å². The van der Waals surface area contributed by atoms with Crippen LogP contribution in [0.4, 0.5) is 20.4 Å². The Labute approximate surface area is 175 Å². The highest BCUT2D eigenvalue weighted by molar-refractivity contribution is 7.17. The number of hydrogen-bond acceptors (Lipinski definition) is 5. The van der Waals surface area contributed by atoms with Crippen LogP contribution in [0.15, 0.2) is 58.7 Å². The van der Waals surface area contributed by atoms with E-state index >= 15 is 0 Å². The highest BCUT2D eigenvalue weighted by atomic mass is 32.1. The minimum Gasteiger partial charge on any atom is -0.366 e. The van der Waals surface area contributed by atoms with Crippen molar-refractivity contribution in [3.8, 4) is 11.1 Å². The summed E-state index contributed by atoms with van der Waals surface area (Å²) in [6.07, 6.45) is 0. The molecule has 0 unspecified atom stereocenters. The third kappa shape index (κ3) is 3.23. The van der Waals surface area contributed by atoms with Crippen LogP contribution in [0.5, 0.6) is 0 Å². The van der Waals surface area contributed by atoms with Crippen LogP contribution in [0.25, 0.3) is 21.3 Å². The third-order valence-electron chi connectivity index (χ3n) is 5.35. The Bertz CT molecular complexity index is 1280. The van der Waals surface area contributed by atoms with Crippen molar-refractivity contribution < 1.29 is 8.78 Å². The summed E-state index contributed by atoms with van der Waals surface area (Å²) < 4.78 is 28.9. The second-order valence-corrected chi connectivity index (χ2v) is 8.00. The van der Waals surface area contributed by atoms with Crippen LogP contribution in [0.3, 0.4) is 0 Å². The van der Waals surface area contributed by atoms with Crippen LogP contribution in [0.1, 0.15) is 0 Å². The van der Waals surface area contributed by atoms with Crippen molar-refractivity contribution in [1.29, 1.82) is 0 Å². The molecule has 1 saturated heterocycles. The molecule has 2 aromatic heterocycles. The van der Waals surface area contributed by atoms with Crippen molar-refractivity contribution in [2.45, 2.75) is 0 Å². The van der Waals surface area contributed by atoms with E-state index in [0.717, 1.165) is 0 Å². The lowest BCUT2D eigenvalue weighted by Gasteiger charge is -2.36. The Kier molecular flexibility index (Phi) is 4.71. The summed E-state index contributed by atoms with van der Waals surface area (Å²) >= 11 is 1.26. The van der Waals surface area contributed by atoms with Gasteiger partial charge in [0.1, 0.15) is 16.3 Å². The monoisotopic (exact) mass is 424 g/mol. The number of nitrogens with zero attached hydrogens (tertiary/aromatic N) is 3. The predicted octanol–water partition coefficient (Wildman–Crippen LogP) is 4.26. The van der Waals surface area contributed by atoms with Crippen molar-refractivity contribution in [1.82, 2.24) is 9.97 Å². The molecule has 2 aromatic carbocycles. The predicted molar refractivity (Wildman–Crippen MR) is 116 cm³/mol. The maximum absolute atomic E-state index is 14.3. The molecule has 5 rings (SSSR count). The summed E-state index contributed by atoms with van der Waals surface area (Å²) in [5.74, 6) is -0.136. The lowest BCUT2D eigenvalue weighted by molar-refractivity contribution is 0.594. The minimum absolute atomic E-state index is 0.237. The van der Waals surface area contributed by atoms with Crippen LogP contribution in [-0.4, -0.2) is 36.1 Å². The first kappa shape index (κ1) is 18.7. The van der Waals surface area contributed by atoms with Gasteiger partial charge >= 0.3 is 0 Å². The number of rotatable bonds is 3. The summed E-state index contributed by atoms with van der Waals surface area (Å²) in [7, 11) is 0. The maximum Gasteiger partial charge on any atom is 0.270 e. The highest BCUT2D eigenvalue weighted by Crippen LogP contribution is 2.33. The Morgan fingerprint density at radius 3 is 2.27 bits per heavy atom. The zero-order valence-corrected chi connectivity index (χ0v) is 16.8. The molecule has 0 radical (unpaired) electrons. The summed E-state index contributed by atoms with van der Waals surface area (Å²) in [6.45, 7) is 2.38. The molecule has 4 aromatic rings. The van der Waals surface area contributed by atoms with Gasteiger partial charge in [-0.1, -0.05) is 30.3 Å². The maximum atomic E-state index is 14.3. The van der Waals surface area contributed by atoms with Crippen LogP contribution in [-0.2, 0) is 0 Å².